The van der Waals surface area contributed by atoms with Gasteiger partial charge in [0, 0.05) is 16.9 Å². The lowest BCUT2D eigenvalue weighted by atomic mass is 10.1. The fraction of sp³-hybridized carbons (Fsp3) is 0.154. The third-order valence-electron chi connectivity index (χ3n) is 2.94. The number of anilines is 1. The number of fused-ring (bicyclic) bond motifs is 1. The fourth-order valence-electron chi connectivity index (χ4n) is 2.07. The van der Waals surface area contributed by atoms with Crippen LogP contribution in [0, 0.1) is 0 Å². The van der Waals surface area contributed by atoms with E-state index in [9.17, 15) is 13.2 Å². The summed E-state index contributed by atoms with van der Waals surface area (Å²) in [4.78, 5) is 13.3. The van der Waals surface area contributed by atoms with Crippen molar-refractivity contribution in [2.24, 2.45) is 0 Å². The van der Waals surface area contributed by atoms with Crippen LogP contribution in [0.3, 0.4) is 0 Å². The van der Waals surface area contributed by atoms with E-state index in [4.69, 9.17) is 0 Å². The summed E-state index contributed by atoms with van der Waals surface area (Å²) in [6, 6.07) is 5.13. The summed E-state index contributed by atoms with van der Waals surface area (Å²) in [7, 11) is -3.27. The van der Waals surface area contributed by atoms with Crippen molar-refractivity contribution in [3.63, 3.8) is 0 Å². The number of hydrogen-bond donors (Lipinski definition) is 1. The highest BCUT2D eigenvalue weighted by atomic mass is 32.2. The van der Waals surface area contributed by atoms with Crippen LogP contribution in [0.1, 0.15) is 6.42 Å². The molecule has 1 aromatic carbocycles. The monoisotopic (exact) mass is 293 g/mol. The highest BCUT2D eigenvalue weighted by Gasteiger charge is 2.25. The van der Waals surface area contributed by atoms with E-state index in [2.05, 4.69) is 5.32 Å². The minimum absolute atomic E-state index is 0.0505. The predicted octanol–water partition coefficient (Wildman–Crippen LogP) is 2.35. The first-order chi connectivity index (χ1) is 8.95. The van der Waals surface area contributed by atoms with Crippen LogP contribution in [0.25, 0.3) is 0 Å². The molecular formula is C13H11NO3S2. The lowest BCUT2D eigenvalue weighted by Crippen LogP contribution is -2.15. The maximum Gasteiger partial charge on any atom is 0.176 e. The van der Waals surface area contributed by atoms with Crippen molar-refractivity contribution >= 4 is 33.1 Å². The van der Waals surface area contributed by atoms with E-state index in [-0.39, 0.29) is 5.78 Å². The van der Waals surface area contributed by atoms with Crippen LogP contribution in [-0.4, -0.2) is 20.5 Å². The Morgan fingerprint density at radius 2 is 2.05 bits per heavy atom. The van der Waals surface area contributed by atoms with Crippen LogP contribution in [0.2, 0.25) is 0 Å². The topological polar surface area (TPSA) is 63.2 Å². The third-order valence-corrected chi connectivity index (χ3v) is 5.46. The lowest BCUT2D eigenvalue weighted by molar-refractivity contribution is -0.114. The lowest BCUT2D eigenvalue weighted by Gasteiger charge is -2.25. The number of allylic oxidation sites excluding steroid dienone is 3. The summed E-state index contributed by atoms with van der Waals surface area (Å²) in [5.41, 5.74) is 1.59. The van der Waals surface area contributed by atoms with Gasteiger partial charge in [-0.2, -0.15) is 0 Å². The minimum atomic E-state index is -3.27. The molecule has 19 heavy (non-hydrogen) atoms. The van der Waals surface area contributed by atoms with Gasteiger partial charge in [-0.15, -0.1) is 0 Å². The first-order valence-electron chi connectivity index (χ1n) is 5.67. The molecule has 3 rings (SSSR count). The van der Waals surface area contributed by atoms with E-state index < -0.39 is 9.84 Å². The second kappa shape index (κ2) is 4.25. The molecule has 4 nitrogen and oxygen atoms in total. The Labute approximate surface area is 115 Å². The zero-order valence-corrected chi connectivity index (χ0v) is 11.8. The molecule has 0 radical (unpaired) electrons. The second-order valence-corrected chi connectivity index (χ2v) is 7.49. The molecule has 1 aliphatic heterocycles. The van der Waals surface area contributed by atoms with Gasteiger partial charge in [0.25, 0.3) is 0 Å². The molecule has 0 atom stereocenters. The van der Waals surface area contributed by atoms with E-state index in [1.54, 1.807) is 18.2 Å². The zero-order valence-electron chi connectivity index (χ0n) is 10.1. The van der Waals surface area contributed by atoms with Crippen molar-refractivity contribution < 1.29 is 13.2 Å². The van der Waals surface area contributed by atoms with Crippen LogP contribution in [0.15, 0.2) is 50.7 Å². The highest BCUT2D eigenvalue weighted by molar-refractivity contribution is 8.04. The summed E-state index contributed by atoms with van der Waals surface area (Å²) in [6.07, 6.45) is 4.80. The predicted molar refractivity (Wildman–Crippen MR) is 74.8 cm³/mol. The molecule has 6 heteroatoms. The Kier molecular flexibility index (Phi) is 2.79. The summed E-state index contributed by atoms with van der Waals surface area (Å²) < 4.78 is 23.6. The molecule has 1 aliphatic carbocycles. The molecular weight excluding hydrogens is 282 g/mol. The summed E-state index contributed by atoms with van der Waals surface area (Å²) >= 11 is 1.40. The molecule has 1 heterocycles. The van der Waals surface area contributed by atoms with Gasteiger partial charge in [-0.05, 0) is 24.3 Å². The van der Waals surface area contributed by atoms with Crippen LogP contribution >= 0.6 is 11.8 Å². The third kappa shape index (κ3) is 2.21. The van der Waals surface area contributed by atoms with E-state index >= 15 is 0 Å². The SMILES string of the molecule is CS(=O)(=O)c1cccc2c1SC1=C(CC(=O)C=C1)N2. The Bertz CT molecular complexity index is 745. The van der Waals surface area contributed by atoms with E-state index in [1.165, 1.54) is 24.1 Å². The first-order valence-corrected chi connectivity index (χ1v) is 8.38. The Balaban J connectivity index is 2.11. The number of sulfone groups is 1. The van der Waals surface area contributed by atoms with Gasteiger partial charge in [0.2, 0.25) is 0 Å². The average Bonchev–Trinajstić information content (AvgIpc) is 2.34. The van der Waals surface area contributed by atoms with Crippen LogP contribution in [0.5, 0.6) is 0 Å². The zero-order chi connectivity index (χ0) is 13.6. The fourth-order valence-corrected chi connectivity index (χ4v) is 4.43. The number of hydrogen-bond acceptors (Lipinski definition) is 5. The molecule has 0 bridgehead atoms. The van der Waals surface area contributed by atoms with Crippen molar-refractivity contribution in [2.75, 3.05) is 11.6 Å². The van der Waals surface area contributed by atoms with E-state index in [1.807, 2.05) is 6.07 Å². The Morgan fingerprint density at radius 3 is 2.79 bits per heavy atom. The maximum absolute atomic E-state index is 11.8. The number of carbonyl (C=O) groups is 1. The Hall–Kier alpha value is -1.53. The van der Waals surface area contributed by atoms with Crippen molar-refractivity contribution in [1.29, 1.82) is 0 Å². The van der Waals surface area contributed by atoms with Gasteiger partial charge in [-0.3, -0.25) is 4.79 Å². The first kappa shape index (κ1) is 12.5. The van der Waals surface area contributed by atoms with Gasteiger partial charge in [-0.1, -0.05) is 17.8 Å². The molecule has 1 N–H and O–H groups in total. The van der Waals surface area contributed by atoms with Gasteiger partial charge in [0.15, 0.2) is 15.6 Å². The van der Waals surface area contributed by atoms with Crippen LogP contribution < -0.4 is 5.32 Å². The molecule has 1 aromatic rings. The number of carbonyl (C=O) groups excluding carboxylic acids is 1. The highest BCUT2D eigenvalue weighted by Crippen LogP contribution is 2.45. The molecule has 0 spiro atoms. The summed E-state index contributed by atoms with van der Waals surface area (Å²) in [6.45, 7) is 0. The van der Waals surface area contributed by atoms with Crippen molar-refractivity contribution in [3.05, 3.63) is 41.0 Å². The number of ketones is 1. The minimum Gasteiger partial charge on any atom is -0.357 e. The number of nitrogens with one attached hydrogen (secondary N) is 1. The molecule has 0 fully saturated rings. The van der Waals surface area contributed by atoms with Gasteiger partial charge < -0.3 is 5.32 Å². The average molecular weight is 293 g/mol. The van der Waals surface area contributed by atoms with Gasteiger partial charge >= 0.3 is 0 Å². The summed E-state index contributed by atoms with van der Waals surface area (Å²) in [5.74, 6) is 0.0505. The maximum atomic E-state index is 11.8. The largest absolute Gasteiger partial charge is 0.357 e. The number of rotatable bonds is 1. The van der Waals surface area contributed by atoms with Gasteiger partial charge in [0.1, 0.15) is 0 Å². The van der Waals surface area contributed by atoms with Crippen LogP contribution in [-0.2, 0) is 14.6 Å². The quantitative estimate of drug-likeness (QED) is 0.861. The van der Waals surface area contributed by atoms with Gasteiger partial charge in [0.05, 0.1) is 21.9 Å². The van der Waals surface area contributed by atoms with Crippen molar-refractivity contribution in [2.45, 2.75) is 16.2 Å². The van der Waals surface area contributed by atoms with E-state index in [0.29, 0.717) is 16.2 Å². The van der Waals surface area contributed by atoms with Gasteiger partial charge in [-0.25, -0.2) is 8.42 Å². The van der Waals surface area contributed by atoms with Crippen molar-refractivity contribution in [3.8, 4) is 0 Å². The normalized spacial score (nSPS) is 17.8. The van der Waals surface area contributed by atoms with E-state index in [0.717, 1.165) is 16.3 Å². The molecule has 0 unspecified atom stereocenters. The number of benzene rings is 1. The molecule has 98 valence electrons. The molecule has 0 saturated heterocycles. The Morgan fingerprint density at radius 1 is 1.26 bits per heavy atom. The second-order valence-electron chi connectivity index (χ2n) is 4.45. The molecule has 0 saturated carbocycles. The molecule has 0 aromatic heterocycles. The van der Waals surface area contributed by atoms with Crippen LogP contribution in [0.4, 0.5) is 5.69 Å². The number of thioether (sulfide) groups is 1. The standard InChI is InChI=1S/C13H11NO3S2/c1-19(16,17)12-4-2-3-9-13(12)18-11-6-5-8(15)7-10(11)14-9/h2-6,14H,7H2,1H3. The summed E-state index contributed by atoms with van der Waals surface area (Å²) in [5, 5.41) is 3.16. The smallest absolute Gasteiger partial charge is 0.176 e. The van der Waals surface area contributed by atoms with Crippen molar-refractivity contribution in [1.82, 2.24) is 0 Å². The molecule has 0 amide bonds. The molecule has 2 aliphatic rings.